The van der Waals surface area contributed by atoms with Crippen LogP contribution in [0.15, 0.2) is 22.7 Å². The van der Waals surface area contributed by atoms with Crippen LogP contribution in [0.1, 0.15) is 22.8 Å². The molecule has 2 N–H and O–H groups in total. The summed E-state index contributed by atoms with van der Waals surface area (Å²) >= 11 is 3.36. The van der Waals surface area contributed by atoms with Gasteiger partial charge < -0.3 is 15.4 Å². The Hall–Kier alpha value is -1.40. The van der Waals surface area contributed by atoms with Crippen LogP contribution in [0.4, 0.5) is 0 Å². The molecule has 0 radical (unpaired) electrons. The summed E-state index contributed by atoms with van der Waals surface area (Å²) in [6.45, 7) is 4.12. The summed E-state index contributed by atoms with van der Waals surface area (Å²) in [6, 6.07) is 4.70. The summed E-state index contributed by atoms with van der Waals surface area (Å²) in [5.41, 5.74) is 6.70. The second-order valence-electron chi connectivity index (χ2n) is 4.53. The number of methoxy groups -OCH3 is 1. The van der Waals surface area contributed by atoms with Gasteiger partial charge in [-0.3, -0.25) is 9.59 Å². The predicted octanol–water partition coefficient (Wildman–Crippen LogP) is 1.72. The summed E-state index contributed by atoms with van der Waals surface area (Å²) in [5.74, 6) is -0.762. The molecule has 2 amide bonds. The quantitative estimate of drug-likeness (QED) is 0.855. The van der Waals surface area contributed by atoms with Crippen molar-refractivity contribution in [2.45, 2.75) is 19.9 Å². The highest BCUT2D eigenvalue weighted by Crippen LogP contribution is 2.18. The van der Waals surface area contributed by atoms with Crippen LogP contribution in [-0.4, -0.2) is 43.0 Å². The highest BCUT2D eigenvalue weighted by molar-refractivity contribution is 9.10. The maximum atomic E-state index is 12.6. The second kappa shape index (κ2) is 7.40. The van der Waals surface area contributed by atoms with Gasteiger partial charge in [-0.2, -0.15) is 0 Å². The molecule has 0 aliphatic heterocycles. The zero-order valence-electron chi connectivity index (χ0n) is 11.9. The number of halogens is 1. The van der Waals surface area contributed by atoms with Crippen molar-refractivity contribution in [1.29, 1.82) is 0 Å². The van der Waals surface area contributed by atoms with Crippen molar-refractivity contribution in [2.24, 2.45) is 5.73 Å². The fraction of sp³-hybridized carbons (Fsp3) is 0.429. The molecule has 5 nitrogen and oxygen atoms in total. The molecule has 0 spiro atoms. The van der Waals surface area contributed by atoms with Crippen molar-refractivity contribution in [3.8, 4) is 0 Å². The Balaban J connectivity index is 3.06. The van der Waals surface area contributed by atoms with E-state index in [1.165, 1.54) is 4.90 Å². The maximum Gasteiger partial charge on any atom is 0.254 e. The van der Waals surface area contributed by atoms with Crippen molar-refractivity contribution in [1.82, 2.24) is 4.90 Å². The van der Waals surface area contributed by atoms with Crippen LogP contribution in [0.2, 0.25) is 0 Å². The molecule has 6 heteroatoms. The number of ether oxygens (including phenoxy) is 1. The number of nitrogens with zero attached hydrogens (tertiary/aromatic N) is 1. The second-order valence-corrected chi connectivity index (χ2v) is 5.44. The van der Waals surface area contributed by atoms with Crippen molar-refractivity contribution < 1.29 is 14.3 Å². The van der Waals surface area contributed by atoms with Gasteiger partial charge in [-0.1, -0.05) is 15.9 Å². The summed E-state index contributed by atoms with van der Waals surface area (Å²) in [7, 11) is 1.54. The number of hydrogen-bond donors (Lipinski definition) is 1. The average Bonchev–Trinajstić information content (AvgIpc) is 2.38. The number of rotatable bonds is 6. The van der Waals surface area contributed by atoms with Crippen molar-refractivity contribution >= 4 is 27.7 Å². The van der Waals surface area contributed by atoms with Crippen LogP contribution in [0.25, 0.3) is 0 Å². The number of carbonyl (C=O) groups excluding carboxylic acids is 2. The van der Waals surface area contributed by atoms with Crippen LogP contribution >= 0.6 is 15.9 Å². The van der Waals surface area contributed by atoms with Gasteiger partial charge in [-0.25, -0.2) is 0 Å². The number of primary amides is 1. The largest absolute Gasteiger partial charge is 0.383 e. The van der Waals surface area contributed by atoms with Gasteiger partial charge in [0.1, 0.15) is 6.04 Å². The van der Waals surface area contributed by atoms with Gasteiger partial charge in [0.15, 0.2) is 0 Å². The topological polar surface area (TPSA) is 72.6 Å². The minimum atomic E-state index is -0.680. The number of nitrogens with two attached hydrogens (primary N) is 1. The normalized spacial score (nSPS) is 12.0. The van der Waals surface area contributed by atoms with Gasteiger partial charge in [0.2, 0.25) is 5.91 Å². The fourth-order valence-electron chi connectivity index (χ4n) is 1.84. The Labute approximate surface area is 127 Å². The standard InChI is InChI=1S/C14H19BrN2O3/c1-9-8-11(15)4-5-12(9)14(19)17(6-7-20-3)10(2)13(16)18/h4-5,8,10H,6-7H2,1-3H3,(H2,16,18)/t10-/m0/s1. The minimum Gasteiger partial charge on any atom is -0.383 e. The van der Waals surface area contributed by atoms with E-state index in [4.69, 9.17) is 10.5 Å². The first-order chi connectivity index (χ1) is 9.38. The van der Waals surface area contributed by atoms with E-state index < -0.39 is 11.9 Å². The molecule has 110 valence electrons. The van der Waals surface area contributed by atoms with E-state index in [-0.39, 0.29) is 5.91 Å². The van der Waals surface area contributed by atoms with Gasteiger partial charge in [0.25, 0.3) is 5.91 Å². The number of aryl methyl sites for hydroxylation is 1. The number of benzene rings is 1. The molecule has 0 saturated heterocycles. The number of carbonyl (C=O) groups is 2. The van der Waals surface area contributed by atoms with E-state index in [1.54, 1.807) is 26.2 Å². The van der Waals surface area contributed by atoms with Crippen molar-refractivity contribution in [2.75, 3.05) is 20.3 Å². The molecule has 1 aromatic carbocycles. The zero-order valence-corrected chi connectivity index (χ0v) is 13.4. The molecule has 0 fully saturated rings. The molecule has 1 aromatic rings. The highest BCUT2D eigenvalue weighted by Gasteiger charge is 2.25. The Bertz CT molecular complexity index is 505. The first kappa shape index (κ1) is 16.7. The van der Waals surface area contributed by atoms with Gasteiger partial charge in [-0.15, -0.1) is 0 Å². The molecule has 0 aromatic heterocycles. The van der Waals surface area contributed by atoms with Crippen LogP contribution in [-0.2, 0) is 9.53 Å². The van der Waals surface area contributed by atoms with E-state index in [0.29, 0.717) is 18.7 Å². The zero-order chi connectivity index (χ0) is 15.3. The maximum absolute atomic E-state index is 12.6. The number of hydrogen-bond acceptors (Lipinski definition) is 3. The van der Waals surface area contributed by atoms with E-state index in [1.807, 2.05) is 13.0 Å². The highest BCUT2D eigenvalue weighted by atomic mass is 79.9. The lowest BCUT2D eigenvalue weighted by atomic mass is 10.1. The third-order valence-electron chi connectivity index (χ3n) is 3.10. The van der Waals surface area contributed by atoms with Crippen molar-refractivity contribution in [3.63, 3.8) is 0 Å². The lowest BCUT2D eigenvalue weighted by Gasteiger charge is -2.27. The van der Waals surface area contributed by atoms with E-state index in [0.717, 1.165) is 10.0 Å². The Kier molecular flexibility index (Phi) is 6.16. The SMILES string of the molecule is COCCN(C(=O)c1ccc(Br)cc1C)[C@@H](C)C(N)=O. The summed E-state index contributed by atoms with van der Waals surface area (Å²) in [4.78, 5) is 25.4. The smallest absolute Gasteiger partial charge is 0.254 e. The molecule has 0 heterocycles. The number of amides is 2. The van der Waals surface area contributed by atoms with Crippen LogP contribution in [0.3, 0.4) is 0 Å². The Morgan fingerprint density at radius 3 is 2.60 bits per heavy atom. The molecule has 0 aliphatic carbocycles. The molecule has 0 aliphatic rings. The van der Waals surface area contributed by atoms with Gasteiger partial charge in [-0.05, 0) is 37.6 Å². The predicted molar refractivity (Wildman–Crippen MR) is 80.4 cm³/mol. The van der Waals surface area contributed by atoms with Crippen LogP contribution in [0, 0.1) is 6.92 Å². The Morgan fingerprint density at radius 1 is 1.45 bits per heavy atom. The summed E-state index contributed by atoms with van der Waals surface area (Å²) in [5, 5.41) is 0. The molecule has 0 bridgehead atoms. The monoisotopic (exact) mass is 342 g/mol. The van der Waals surface area contributed by atoms with Crippen LogP contribution < -0.4 is 5.73 Å². The molecule has 0 unspecified atom stereocenters. The first-order valence-electron chi connectivity index (χ1n) is 6.23. The molecule has 1 atom stereocenters. The van der Waals surface area contributed by atoms with E-state index in [2.05, 4.69) is 15.9 Å². The van der Waals surface area contributed by atoms with E-state index >= 15 is 0 Å². The molecule has 1 rings (SSSR count). The third kappa shape index (κ3) is 4.05. The molecular weight excluding hydrogens is 324 g/mol. The van der Waals surface area contributed by atoms with Crippen molar-refractivity contribution in [3.05, 3.63) is 33.8 Å². The molecular formula is C14H19BrN2O3. The van der Waals surface area contributed by atoms with Gasteiger partial charge in [0, 0.05) is 23.7 Å². The fourth-order valence-corrected chi connectivity index (χ4v) is 2.31. The first-order valence-corrected chi connectivity index (χ1v) is 7.03. The average molecular weight is 343 g/mol. The van der Waals surface area contributed by atoms with Gasteiger partial charge in [0.05, 0.1) is 6.61 Å². The third-order valence-corrected chi connectivity index (χ3v) is 3.59. The minimum absolute atomic E-state index is 0.224. The lowest BCUT2D eigenvalue weighted by Crippen LogP contribution is -2.47. The molecule has 0 saturated carbocycles. The summed E-state index contributed by atoms with van der Waals surface area (Å²) in [6.07, 6.45) is 0. The lowest BCUT2D eigenvalue weighted by molar-refractivity contribution is -0.122. The summed E-state index contributed by atoms with van der Waals surface area (Å²) < 4.78 is 5.88. The van der Waals surface area contributed by atoms with Gasteiger partial charge >= 0.3 is 0 Å². The molecule has 20 heavy (non-hydrogen) atoms. The van der Waals surface area contributed by atoms with Crippen LogP contribution in [0.5, 0.6) is 0 Å². The van der Waals surface area contributed by atoms with E-state index in [9.17, 15) is 9.59 Å². The Morgan fingerprint density at radius 2 is 2.10 bits per heavy atom.